The second-order valence-corrected chi connectivity index (χ2v) is 5.26. The number of nitriles is 1. The lowest BCUT2D eigenvalue weighted by molar-refractivity contribution is 0.0954. The van der Waals surface area contributed by atoms with Gasteiger partial charge < -0.3 is 10.6 Å². The van der Waals surface area contributed by atoms with E-state index >= 15 is 0 Å². The van der Waals surface area contributed by atoms with Crippen LogP contribution in [0.4, 0.5) is 10.1 Å². The molecule has 0 aliphatic carbocycles. The van der Waals surface area contributed by atoms with Crippen molar-refractivity contribution in [2.45, 2.75) is 6.92 Å². The van der Waals surface area contributed by atoms with Crippen molar-refractivity contribution in [2.24, 2.45) is 0 Å². The molecule has 5 nitrogen and oxygen atoms in total. The van der Waals surface area contributed by atoms with E-state index < -0.39 is 11.7 Å². The minimum atomic E-state index is -0.682. The van der Waals surface area contributed by atoms with E-state index in [2.05, 4.69) is 10.6 Å². The van der Waals surface area contributed by atoms with Crippen molar-refractivity contribution in [1.82, 2.24) is 5.32 Å². The summed E-state index contributed by atoms with van der Waals surface area (Å²) in [6.45, 7) is 2.21. The SMILES string of the molecule is CCNC(=O)c1cc(NC(=O)c2cc(F)cc(C#N)c2)ccc1Cl. The standard InChI is InChI=1S/C17H13ClFN3O2/c1-2-21-17(24)14-8-13(3-4-15(14)18)22-16(23)11-5-10(9-20)6-12(19)7-11/h3-8H,2H2,1H3,(H,21,24)(H,22,23). The number of anilines is 1. The number of hydrogen-bond acceptors (Lipinski definition) is 3. The normalized spacial score (nSPS) is 9.92. The van der Waals surface area contributed by atoms with Gasteiger partial charge in [-0.25, -0.2) is 4.39 Å². The van der Waals surface area contributed by atoms with E-state index in [0.717, 1.165) is 12.1 Å². The quantitative estimate of drug-likeness (QED) is 0.891. The van der Waals surface area contributed by atoms with Crippen LogP contribution in [0.5, 0.6) is 0 Å². The van der Waals surface area contributed by atoms with Gasteiger partial charge in [0.2, 0.25) is 0 Å². The molecule has 0 saturated heterocycles. The lowest BCUT2D eigenvalue weighted by Gasteiger charge is -2.09. The third kappa shape index (κ3) is 4.09. The van der Waals surface area contributed by atoms with Crippen LogP contribution in [0, 0.1) is 17.1 Å². The molecule has 0 aromatic heterocycles. The third-order valence-corrected chi connectivity index (χ3v) is 3.42. The van der Waals surface area contributed by atoms with Crippen molar-refractivity contribution in [3.8, 4) is 6.07 Å². The molecular weight excluding hydrogens is 333 g/mol. The molecule has 0 radical (unpaired) electrons. The van der Waals surface area contributed by atoms with Crippen LogP contribution in [0.1, 0.15) is 33.2 Å². The average Bonchev–Trinajstić information content (AvgIpc) is 2.56. The first kappa shape index (κ1) is 17.4. The molecule has 24 heavy (non-hydrogen) atoms. The number of carbonyl (C=O) groups is 2. The summed E-state index contributed by atoms with van der Waals surface area (Å²) in [6, 6.07) is 9.55. The number of nitrogens with one attached hydrogen (secondary N) is 2. The van der Waals surface area contributed by atoms with Crippen molar-refractivity contribution >= 4 is 29.1 Å². The van der Waals surface area contributed by atoms with Gasteiger partial charge in [-0.1, -0.05) is 11.6 Å². The molecule has 2 N–H and O–H groups in total. The van der Waals surface area contributed by atoms with Crippen LogP contribution >= 0.6 is 11.6 Å². The van der Waals surface area contributed by atoms with Gasteiger partial charge in [0.1, 0.15) is 5.82 Å². The van der Waals surface area contributed by atoms with Gasteiger partial charge in [-0.15, -0.1) is 0 Å². The highest BCUT2D eigenvalue weighted by atomic mass is 35.5. The first-order valence-corrected chi connectivity index (χ1v) is 7.42. The summed E-state index contributed by atoms with van der Waals surface area (Å²) >= 11 is 5.98. The topological polar surface area (TPSA) is 82.0 Å². The fourth-order valence-corrected chi connectivity index (χ4v) is 2.22. The van der Waals surface area contributed by atoms with Crippen LogP contribution in [0.25, 0.3) is 0 Å². The Morgan fingerprint density at radius 1 is 1.21 bits per heavy atom. The Hall–Kier alpha value is -2.91. The summed E-state index contributed by atoms with van der Waals surface area (Å²) in [5, 5.41) is 14.2. The zero-order valence-corrected chi connectivity index (χ0v) is 13.4. The summed E-state index contributed by atoms with van der Waals surface area (Å²) in [6.07, 6.45) is 0. The highest BCUT2D eigenvalue weighted by molar-refractivity contribution is 6.34. The summed E-state index contributed by atoms with van der Waals surface area (Å²) in [7, 11) is 0. The molecule has 0 unspecified atom stereocenters. The fourth-order valence-electron chi connectivity index (χ4n) is 2.02. The molecule has 2 aromatic carbocycles. The number of nitrogens with zero attached hydrogens (tertiary/aromatic N) is 1. The molecule has 0 atom stereocenters. The molecule has 0 aliphatic heterocycles. The maximum atomic E-state index is 13.4. The smallest absolute Gasteiger partial charge is 0.255 e. The second-order valence-electron chi connectivity index (χ2n) is 4.85. The molecule has 2 rings (SSSR count). The van der Waals surface area contributed by atoms with Crippen LogP contribution < -0.4 is 10.6 Å². The van der Waals surface area contributed by atoms with Crippen LogP contribution in [0.3, 0.4) is 0 Å². The van der Waals surface area contributed by atoms with Crippen molar-refractivity contribution in [2.75, 3.05) is 11.9 Å². The zero-order valence-electron chi connectivity index (χ0n) is 12.7. The average molecular weight is 346 g/mol. The van der Waals surface area contributed by atoms with Crippen molar-refractivity contribution in [3.05, 3.63) is 63.9 Å². The molecule has 0 fully saturated rings. The molecule has 0 bridgehead atoms. The Bertz CT molecular complexity index is 846. The summed E-state index contributed by atoms with van der Waals surface area (Å²) < 4.78 is 13.4. The molecule has 0 saturated carbocycles. The number of halogens is 2. The van der Waals surface area contributed by atoms with Crippen molar-refractivity contribution in [3.63, 3.8) is 0 Å². The molecular formula is C17H13ClFN3O2. The van der Waals surface area contributed by atoms with E-state index in [9.17, 15) is 14.0 Å². The summed E-state index contributed by atoms with van der Waals surface area (Å²) in [4.78, 5) is 24.1. The fraction of sp³-hybridized carbons (Fsp3) is 0.118. The highest BCUT2D eigenvalue weighted by Gasteiger charge is 2.13. The molecule has 0 spiro atoms. The minimum absolute atomic E-state index is 0.000981. The lowest BCUT2D eigenvalue weighted by atomic mass is 10.1. The molecule has 122 valence electrons. The number of hydrogen-bond donors (Lipinski definition) is 2. The molecule has 0 heterocycles. The van der Waals surface area contributed by atoms with Gasteiger partial charge in [-0.05, 0) is 43.3 Å². The largest absolute Gasteiger partial charge is 0.352 e. The maximum absolute atomic E-state index is 13.4. The summed E-state index contributed by atoms with van der Waals surface area (Å²) in [5.41, 5.74) is 0.585. The van der Waals surface area contributed by atoms with Gasteiger partial charge >= 0.3 is 0 Å². The molecule has 7 heteroatoms. The second kappa shape index (κ2) is 7.57. The van der Waals surface area contributed by atoms with Crippen molar-refractivity contribution in [1.29, 1.82) is 5.26 Å². The van der Waals surface area contributed by atoms with Crippen LogP contribution in [0.2, 0.25) is 5.02 Å². The van der Waals surface area contributed by atoms with Gasteiger partial charge in [0, 0.05) is 17.8 Å². The van der Waals surface area contributed by atoms with Crippen LogP contribution in [-0.4, -0.2) is 18.4 Å². The zero-order chi connectivity index (χ0) is 17.7. The minimum Gasteiger partial charge on any atom is -0.352 e. The van der Waals surface area contributed by atoms with E-state index in [-0.39, 0.29) is 27.6 Å². The predicted octanol–water partition coefficient (Wildman–Crippen LogP) is 3.35. The van der Waals surface area contributed by atoms with Crippen LogP contribution in [0.15, 0.2) is 36.4 Å². The monoisotopic (exact) mass is 345 g/mol. The van der Waals surface area contributed by atoms with E-state index in [1.54, 1.807) is 13.0 Å². The van der Waals surface area contributed by atoms with Gasteiger partial charge in [0.05, 0.1) is 22.2 Å². The Morgan fingerprint density at radius 3 is 2.62 bits per heavy atom. The van der Waals surface area contributed by atoms with Crippen LogP contribution in [-0.2, 0) is 0 Å². The predicted molar refractivity (Wildman–Crippen MR) is 88.5 cm³/mol. The highest BCUT2D eigenvalue weighted by Crippen LogP contribution is 2.21. The number of carbonyl (C=O) groups excluding carboxylic acids is 2. The Kier molecular flexibility index (Phi) is 5.51. The van der Waals surface area contributed by atoms with Crippen molar-refractivity contribution < 1.29 is 14.0 Å². The number of rotatable bonds is 4. The first-order chi connectivity index (χ1) is 11.4. The molecule has 0 aliphatic rings. The van der Waals surface area contributed by atoms with E-state index in [0.29, 0.717) is 12.2 Å². The number of benzene rings is 2. The third-order valence-electron chi connectivity index (χ3n) is 3.10. The van der Waals surface area contributed by atoms with E-state index in [1.807, 2.05) is 0 Å². The first-order valence-electron chi connectivity index (χ1n) is 7.04. The Labute approximate surface area is 143 Å². The Balaban J connectivity index is 2.27. The van der Waals surface area contributed by atoms with Gasteiger partial charge in [0.15, 0.2) is 0 Å². The molecule has 2 aromatic rings. The lowest BCUT2D eigenvalue weighted by Crippen LogP contribution is -2.23. The van der Waals surface area contributed by atoms with Gasteiger partial charge in [-0.3, -0.25) is 9.59 Å². The summed E-state index contributed by atoms with van der Waals surface area (Å²) in [5.74, 6) is -1.65. The van der Waals surface area contributed by atoms with E-state index in [1.165, 1.54) is 24.3 Å². The van der Waals surface area contributed by atoms with Gasteiger partial charge in [0.25, 0.3) is 11.8 Å². The molecule has 2 amide bonds. The number of amides is 2. The van der Waals surface area contributed by atoms with E-state index in [4.69, 9.17) is 16.9 Å². The Morgan fingerprint density at radius 2 is 1.96 bits per heavy atom. The van der Waals surface area contributed by atoms with Gasteiger partial charge in [-0.2, -0.15) is 5.26 Å². The maximum Gasteiger partial charge on any atom is 0.255 e.